The van der Waals surface area contributed by atoms with Crippen molar-refractivity contribution in [2.24, 2.45) is 0 Å². The number of rotatable bonds is 2. The highest BCUT2D eigenvalue weighted by molar-refractivity contribution is 6.64. The van der Waals surface area contributed by atoms with Crippen LogP contribution >= 0.6 is 0 Å². The van der Waals surface area contributed by atoms with Gasteiger partial charge in [-0.15, -0.1) is 0 Å². The van der Waals surface area contributed by atoms with E-state index < -0.39 is 7.12 Å². The minimum Gasteiger partial charge on any atom is -0.423 e. The summed E-state index contributed by atoms with van der Waals surface area (Å²) in [4.78, 5) is 0. The van der Waals surface area contributed by atoms with Crippen molar-refractivity contribution in [3.05, 3.63) is 66.7 Å². The summed E-state index contributed by atoms with van der Waals surface area (Å²) in [7, 11) is -1.48. The Morgan fingerprint density at radius 2 is 1.37 bits per heavy atom. The smallest absolute Gasteiger partial charge is 0.423 e. The van der Waals surface area contributed by atoms with Gasteiger partial charge in [-0.3, -0.25) is 0 Å². The summed E-state index contributed by atoms with van der Waals surface area (Å²) in [5, 5.41) is 21.3. The predicted molar refractivity (Wildman–Crippen MR) is 79.2 cm³/mol. The topological polar surface area (TPSA) is 40.5 Å². The maximum absolute atomic E-state index is 9.72. The van der Waals surface area contributed by atoms with Crippen LogP contribution in [0.25, 0.3) is 21.9 Å². The average molecular weight is 248 g/mol. The largest absolute Gasteiger partial charge is 0.489 e. The van der Waals surface area contributed by atoms with E-state index in [0.29, 0.717) is 5.46 Å². The highest BCUT2D eigenvalue weighted by Crippen LogP contribution is 2.22. The monoisotopic (exact) mass is 248 g/mol. The molecule has 0 atom stereocenters. The van der Waals surface area contributed by atoms with E-state index in [1.54, 1.807) is 0 Å². The molecule has 0 aliphatic carbocycles. The lowest BCUT2D eigenvalue weighted by Crippen LogP contribution is -2.32. The zero-order valence-electron chi connectivity index (χ0n) is 10.3. The van der Waals surface area contributed by atoms with E-state index in [0.717, 1.165) is 21.9 Å². The van der Waals surface area contributed by atoms with Crippen LogP contribution in [-0.4, -0.2) is 17.2 Å². The van der Waals surface area contributed by atoms with Crippen molar-refractivity contribution in [1.82, 2.24) is 0 Å². The Labute approximate surface area is 112 Å². The molecule has 0 saturated carbocycles. The first kappa shape index (κ1) is 12.0. The van der Waals surface area contributed by atoms with Crippen molar-refractivity contribution < 1.29 is 10.0 Å². The van der Waals surface area contributed by atoms with E-state index in [1.807, 2.05) is 66.7 Å². The minimum absolute atomic E-state index is 0.560. The van der Waals surface area contributed by atoms with Crippen molar-refractivity contribution in [1.29, 1.82) is 0 Å². The Morgan fingerprint density at radius 1 is 0.684 bits per heavy atom. The van der Waals surface area contributed by atoms with Gasteiger partial charge in [-0.2, -0.15) is 0 Å². The van der Waals surface area contributed by atoms with Crippen LogP contribution in [0.4, 0.5) is 0 Å². The quantitative estimate of drug-likeness (QED) is 0.682. The van der Waals surface area contributed by atoms with Crippen LogP contribution in [0.5, 0.6) is 0 Å². The van der Waals surface area contributed by atoms with Gasteiger partial charge in [0.2, 0.25) is 0 Å². The molecule has 0 spiro atoms. The third kappa shape index (κ3) is 2.14. The lowest BCUT2D eigenvalue weighted by Gasteiger charge is -2.12. The number of hydrogen-bond donors (Lipinski definition) is 2. The first-order chi connectivity index (χ1) is 9.27. The van der Waals surface area contributed by atoms with Gasteiger partial charge >= 0.3 is 7.12 Å². The van der Waals surface area contributed by atoms with Crippen LogP contribution in [0.15, 0.2) is 66.7 Å². The third-order valence-electron chi connectivity index (χ3n) is 3.31. The van der Waals surface area contributed by atoms with E-state index >= 15 is 0 Å². The fourth-order valence-corrected chi connectivity index (χ4v) is 2.44. The molecule has 3 aromatic rings. The molecule has 0 saturated heterocycles. The molecule has 92 valence electrons. The van der Waals surface area contributed by atoms with Crippen molar-refractivity contribution in [2.75, 3.05) is 0 Å². The van der Waals surface area contributed by atoms with Gasteiger partial charge in [-0.25, -0.2) is 0 Å². The van der Waals surface area contributed by atoms with Crippen molar-refractivity contribution >= 4 is 23.4 Å². The van der Waals surface area contributed by atoms with Crippen LogP contribution in [-0.2, 0) is 0 Å². The van der Waals surface area contributed by atoms with Gasteiger partial charge in [-0.1, -0.05) is 66.7 Å². The number of hydrogen-bond acceptors (Lipinski definition) is 2. The highest BCUT2D eigenvalue weighted by Gasteiger charge is 2.19. The lowest BCUT2D eigenvalue weighted by atomic mass is 9.72. The van der Waals surface area contributed by atoms with Crippen LogP contribution in [0.1, 0.15) is 0 Å². The van der Waals surface area contributed by atoms with Crippen LogP contribution in [0, 0.1) is 0 Å². The molecule has 0 unspecified atom stereocenters. The SMILES string of the molecule is OB(O)c1c(-c2ccccc2)ccc2ccccc12. The first-order valence-corrected chi connectivity index (χ1v) is 6.20. The molecule has 0 fully saturated rings. The fourth-order valence-electron chi connectivity index (χ4n) is 2.44. The molecule has 0 aromatic heterocycles. The second-order valence-electron chi connectivity index (χ2n) is 4.49. The second-order valence-corrected chi connectivity index (χ2v) is 4.49. The lowest BCUT2D eigenvalue weighted by molar-refractivity contribution is 0.426. The minimum atomic E-state index is -1.48. The maximum atomic E-state index is 9.72. The summed E-state index contributed by atoms with van der Waals surface area (Å²) < 4.78 is 0. The van der Waals surface area contributed by atoms with E-state index in [-0.39, 0.29) is 0 Å². The summed E-state index contributed by atoms with van der Waals surface area (Å²) >= 11 is 0. The van der Waals surface area contributed by atoms with Crippen molar-refractivity contribution in [3.63, 3.8) is 0 Å². The van der Waals surface area contributed by atoms with Gasteiger partial charge in [0.25, 0.3) is 0 Å². The molecule has 0 aliphatic heterocycles. The van der Waals surface area contributed by atoms with Crippen molar-refractivity contribution in [3.8, 4) is 11.1 Å². The maximum Gasteiger partial charge on any atom is 0.489 e. The molecule has 0 heterocycles. The highest BCUT2D eigenvalue weighted by atomic mass is 16.4. The molecule has 0 bridgehead atoms. The summed E-state index contributed by atoms with van der Waals surface area (Å²) in [6.07, 6.45) is 0. The molecule has 19 heavy (non-hydrogen) atoms. The predicted octanol–water partition coefficient (Wildman–Crippen LogP) is 2.19. The fraction of sp³-hybridized carbons (Fsp3) is 0. The van der Waals surface area contributed by atoms with Gasteiger partial charge in [0.1, 0.15) is 0 Å². The zero-order chi connectivity index (χ0) is 13.2. The van der Waals surface area contributed by atoms with Gasteiger partial charge in [0.15, 0.2) is 0 Å². The molecule has 3 heteroatoms. The molecule has 0 aliphatic rings. The van der Waals surface area contributed by atoms with Gasteiger partial charge < -0.3 is 10.0 Å². The van der Waals surface area contributed by atoms with Gasteiger partial charge in [-0.05, 0) is 27.4 Å². The van der Waals surface area contributed by atoms with Crippen LogP contribution in [0.2, 0.25) is 0 Å². The normalized spacial score (nSPS) is 10.6. The third-order valence-corrected chi connectivity index (χ3v) is 3.31. The first-order valence-electron chi connectivity index (χ1n) is 6.20. The second kappa shape index (κ2) is 4.88. The summed E-state index contributed by atoms with van der Waals surface area (Å²) in [5.74, 6) is 0. The van der Waals surface area contributed by atoms with E-state index in [1.165, 1.54) is 0 Å². The standard InChI is InChI=1S/C16H13BO2/c18-17(19)16-14-9-5-4-8-13(14)10-11-15(16)12-6-2-1-3-7-12/h1-11,18-19H. The van der Waals surface area contributed by atoms with Gasteiger partial charge in [0, 0.05) is 0 Å². The molecule has 2 nitrogen and oxygen atoms in total. The molecular formula is C16H13BO2. The Kier molecular flexibility index (Phi) is 3.07. The van der Waals surface area contributed by atoms with E-state index in [4.69, 9.17) is 0 Å². The number of benzene rings is 3. The molecule has 2 N–H and O–H groups in total. The summed E-state index contributed by atoms with van der Waals surface area (Å²) in [6.45, 7) is 0. The van der Waals surface area contributed by atoms with E-state index in [2.05, 4.69) is 0 Å². The Hall–Kier alpha value is -2.10. The Morgan fingerprint density at radius 3 is 2.11 bits per heavy atom. The Bertz CT molecular complexity index is 708. The molecule has 3 rings (SSSR count). The van der Waals surface area contributed by atoms with E-state index in [9.17, 15) is 10.0 Å². The van der Waals surface area contributed by atoms with Crippen LogP contribution < -0.4 is 5.46 Å². The average Bonchev–Trinajstić information content (AvgIpc) is 2.46. The summed E-state index contributed by atoms with van der Waals surface area (Å²) in [6, 6.07) is 21.4. The zero-order valence-corrected chi connectivity index (χ0v) is 10.3. The van der Waals surface area contributed by atoms with Gasteiger partial charge in [0.05, 0.1) is 0 Å². The molecular weight excluding hydrogens is 235 g/mol. The molecule has 3 aromatic carbocycles. The Balaban J connectivity index is 2.34. The van der Waals surface area contributed by atoms with Crippen molar-refractivity contribution in [2.45, 2.75) is 0 Å². The summed E-state index contributed by atoms with van der Waals surface area (Å²) in [5.41, 5.74) is 2.40. The molecule has 0 amide bonds. The van der Waals surface area contributed by atoms with Crippen LogP contribution in [0.3, 0.4) is 0 Å². The number of fused-ring (bicyclic) bond motifs is 1. The molecule has 0 radical (unpaired) electrons.